The lowest BCUT2D eigenvalue weighted by Crippen LogP contribution is -2.32. The lowest BCUT2D eigenvalue weighted by Gasteiger charge is -2.22. The molecular formula is C29H39NO4. The van der Waals surface area contributed by atoms with Gasteiger partial charge in [0.05, 0.1) is 0 Å². The lowest BCUT2D eigenvalue weighted by molar-refractivity contribution is -0.138. The average molecular weight is 466 g/mol. The van der Waals surface area contributed by atoms with Crippen molar-refractivity contribution >= 4 is 18.0 Å². The summed E-state index contributed by atoms with van der Waals surface area (Å²) in [5, 5.41) is 10.2. The number of carboxylic acid groups (broad SMARTS) is 1. The molecule has 0 atom stereocenters. The third kappa shape index (κ3) is 11.3. The van der Waals surface area contributed by atoms with E-state index in [9.17, 15) is 9.59 Å². The first kappa shape index (κ1) is 27.3. The van der Waals surface area contributed by atoms with Gasteiger partial charge in [-0.3, -0.25) is 14.4 Å². The smallest absolute Gasteiger partial charge is 0.303 e. The Morgan fingerprint density at radius 1 is 0.882 bits per heavy atom. The summed E-state index contributed by atoms with van der Waals surface area (Å²) >= 11 is 0. The van der Waals surface area contributed by atoms with E-state index in [4.69, 9.17) is 9.94 Å². The van der Waals surface area contributed by atoms with Crippen molar-refractivity contribution < 1.29 is 19.5 Å². The van der Waals surface area contributed by atoms with Gasteiger partial charge in [-0.1, -0.05) is 93.6 Å². The maximum absolute atomic E-state index is 13.1. The summed E-state index contributed by atoms with van der Waals surface area (Å²) < 4.78 is 0. The van der Waals surface area contributed by atoms with Gasteiger partial charge >= 0.3 is 5.97 Å². The Morgan fingerprint density at radius 3 is 2.29 bits per heavy atom. The molecule has 0 spiro atoms. The minimum absolute atomic E-state index is 0.0838. The van der Waals surface area contributed by atoms with E-state index in [0.29, 0.717) is 24.9 Å². The highest BCUT2D eigenvalue weighted by Gasteiger charge is 2.17. The molecule has 5 nitrogen and oxygen atoms in total. The van der Waals surface area contributed by atoms with Crippen molar-refractivity contribution in [2.75, 3.05) is 6.54 Å². The molecule has 0 radical (unpaired) electrons. The van der Waals surface area contributed by atoms with E-state index in [0.717, 1.165) is 17.5 Å². The molecule has 5 heteroatoms. The first-order valence-corrected chi connectivity index (χ1v) is 12.6. The molecule has 0 aliphatic heterocycles. The standard InChI is InChI=1S/C29H39NO4/c1-2-3-4-5-6-7-8-10-15-25-19-21-27(22-20-25)29(33)30(23-14-13-18-28(31)32)34-24-26-16-11-9-12-17-26/h9-12,15-17,19-22H,2-8,13-14,18,23-24H2,1H3,(H,31,32)/b15-10-. The summed E-state index contributed by atoms with van der Waals surface area (Å²) in [6.07, 6.45) is 14.3. The second-order valence-corrected chi connectivity index (χ2v) is 8.60. The Bertz CT molecular complexity index is 861. The normalized spacial score (nSPS) is 11.1. The number of carboxylic acids is 1. The van der Waals surface area contributed by atoms with Crippen LogP contribution < -0.4 is 0 Å². The van der Waals surface area contributed by atoms with Crippen molar-refractivity contribution in [3.05, 3.63) is 77.4 Å². The van der Waals surface area contributed by atoms with Crippen molar-refractivity contribution in [1.82, 2.24) is 5.06 Å². The molecule has 1 amide bonds. The molecule has 0 aliphatic rings. The molecule has 0 unspecified atom stereocenters. The molecule has 0 aliphatic carbocycles. The second kappa shape index (κ2) is 16.7. The zero-order valence-corrected chi connectivity index (χ0v) is 20.5. The Labute approximate surface area is 204 Å². The molecule has 2 aromatic carbocycles. The fourth-order valence-corrected chi connectivity index (χ4v) is 3.63. The highest BCUT2D eigenvalue weighted by Crippen LogP contribution is 2.14. The monoisotopic (exact) mass is 465 g/mol. The Balaban J connectivity index is 1.88. The fraction of sp³-hybridized carbons (Fsp3) is 0.448. The van der Waals surface area contributed by atoms with E-state index >= 15 is 0 Å². The van der Waals surface area contributed by atoms with Gasteiger partial charge in [-0.2, -0.15) is 0 Å². The quantitative estimate of drug-likeness (QED) is 0.197. The largest absolute Gasteiger partial charge is 0.481 e. The van der Waals surface area contributed by atoms with Gasteiger partial charge < -0.3 is 5.11 Å². The Morgan fingerprint density at radius 2 is 1.59 bits per heavy atom. The van der Waals surface area contributed by atoms with Crippen molar-refractivity contribution in [1.29, 1.82) is 0 Å². The third-order valence-electron chi connectivity index (χ3n) is 5.65. The van der Waals surface area contributed by atoms with Crippen molar-refractivity contribution in [2.24, 2.45) is 0 Å². The van der Waals surface area contributed by atoms with Crippen LogP contribution >= 0.6 is 0 Å². The average Bonchev–Trinajstić information content (AvgIpc) is 2.85. The molecule has 0 saturated heterocycles. The molecule has 0 saturated carbocycles. The zero-order valence-electron chi connectivity index (χ0n) is 20.5. The van der Waals surface area contributed by atoms with Gasteiger partial charge in [-0.15, -0.1) is 0 Å². The van der Waals surface area contributed by atoms with E-state index in [2.05, 4.69) is 19.1 Å². The number of unbranched alkanes of at least 4 members (excludes halogenated alkanes) is 7. The molecule has 184 valence electrons. The van der Waals surface area contributed by atoms with Gasteiger partial charge in [0.15, 0.2) is 0 Å². The van der Waals surface area contributed by atoms with Crippen molar-refractivity contribution in [3.8, 4) is 0 Å². The number of benzene rings is 2. The maximum atomic E-state index is 13.1. The van der Waals surface area contributed by atoms with E-state index in [1.165, 1.54) is 43.6 Å². The number of carbonyl (C=O) groups is 2. The zero-order chi connectivity index (χ0) is 24.4. The van der Waals surface area contributed by atoms with Crippen molar-refractivity contribution in [3.63, 3.8) is 0 Å². The minimum atomic E-state index is -0.830. The van der Waals surface area contributed by atoms with Crippen LogP contribution in [0.5, 0.6) is 0 Å². The van der Waals surface area contributed by atoms with E-state index < -0.39 is 5.97 Å². The first-order chi connectivity index (χ1) is 16.6. The summed E-state index contributed by atoms with van der Waals surface area (Å²) in [7, 11) is 0. The lowest BCUT2D eigenvalue weighted by atomic mass is 10.1. The molecule has 0 heterocycles. The molecule has 34 heavy (non-hydrogen) atoms. The Hall–Kier alpha value is -2.92. The topological polar surface area (TPSA) is 66.8 Å². The van der Waals surface area contributed by atoms with Crippen LogP contribution in [0.1, 0.15) is 92.6 Å². The van der Waals surface area contributed by atoms with E-state index in [1.807, 2.05) is 54.6 Å². The van der Waals surface area contributed by atoms with E-state index in [1.54, 1.807) is 0 Å². The predicted molar refractivity (Wildman–Crippen MR) is 137 cm³/mol. The van der Waals surface area contributed by atoms with Gasteiger partial charge in [-0.25, -0.2) is 5.06 Å². The molecule has 2 rings (SSSR count). The number of amides is 1. The van der Waals surface area contributed by atoms with Crippen LogP contribution in [-0.2, 0) is 16.2 Å². The van der Waals surface area contributed by atoms with Gasteiger partial charge in [0, 0.05) is 18.5 Å². The number of hydrogen-bond donors (Lipinski definition) is 1. The molecular weight excluding hydrogens is 426 g/mol. The molecule has 2 aromatic rings. The van der Waals surface area contributed by atoms with Gasteiger partial charge in [0.2, 0.25) is 0 Å². The Kier molecular flexibility index (Phi) is 13.4. The number of hydrogen-bond acceptors (Lipinski definition) is 3. The SMILES string of the molecule is CCCCCCCC/C=C\c1ccc(C(=O)N(CCCCC(=O)O)OCc2ccccc2)cc1. The van der Waals surface area contributed by atoms with Crippen LogP contribution in [0.3, 0.4) is 0 Å². The van der Waals surface area contributed by atoms with Gasteiger partial charge in [0.25, 0.3) is 5.91 Å². The van der Waals surface area contributed by atoms with Crippen LogP contribution in [-0.4, -0.2) is 28.6 Å². The fourth-order valence-electron chi connectivity index (χ4n) is 3.63. The molecule has 0 fully saturated rings. The predicted octanol–water partition coefficient (Wildman–Crippen LogP) is 7.28. The summed E-state index contributed by atoms with van der Waals surface area (Å²) in [6.45, 7) is 2.86. The second-order valence-electron chi connectivity index (χ2n) is 8.60. The van der Waals surface area contributed by atoms with Crippen LogP contribution in [0.15, 0.2) is 60.7 Å². The highest BCUT2D eigenvalue weighted by molar-refractivity contribution is 5.93. The van der Waals surface area contributed by atoms with Crippen LogP contribution in [0, 0.1) is 0 Å². The van der Waals surface area contributed by atoms with Crippen LogP contribution in [0.25, 0.3) is 6.08 Å². The number of hydroxylamine groups is 2. The summed E-state index contributed by atoms with van der Waals surface area (Å²) in [5.74, 6) is -1.04. The van der Waals surface area contributed by atoms with Crippen LogP contribution in [0.2, 0.25) is 0 Å². The number of nitrogens with zero attached hydrogens (tertiary/aromatic N) is 1. The number of aliphatic carboxylic acids is 1. The summed E-state index contributed by atoms with van der Waals surface area (Å²) in [4.78, 5) is 29.7. The highest BCUT2D eigenvalue weighted by atomic mass is 16.7. The third-order valence-corrected chi connectivity index (χ3v) is 5.65. The summed E-state index contributed by atoms with van der Waals surface area (Å²) in [6, 6.07) is 17.2. The number of allylic oxidation sites excluding steroid dienone is 1. The van der Waals surface area contributed by atoms with Gasteiger partial charge in [0.1, 0.15) is 6.61 Å². The number of carbonyl (C=O) groups excluding carboxylic acids is 1. The molecule has 0 aromatic heterocycles. The van der Waals surface area contributed by atoms with Crippen LogP contribution in [0.4, 0.5) is 0 Å². The number of rotatable bonds is 17. The van der Waals surface area contributed by atoms with Crippen molar-refractivity contribution in [2.45, 2.75) is 77.7 Å². The molecule has 1 N–H and O–H groups in total. The summed E-state index contributed by atoms with van der Waals surface area (Å²) in [5.41, 5.74) is 2.59. The van der Waals surface area contributed by atoms with Gasteiger partial charge in [-0.05, 0) is 48.9 Å². The minimum Gasteiger partial charge on any atom is -0.481 e. The molecule has 0 bridgehead atoms. The van der Waals surface area contributed by atoms with E-state index in [-0.39, 0.29) is 18.9 Å². The maximum Gasteiger partial charge on any atom is 0.303 e. The first-order valence-electron chi connectivity index (χ1n) is 12.6.